The summed E-state index contributed by atoms with van der Waals surface area (Å²) in [5, 5.41) is 9.20. The van der Waals surface area contributed by atoms with Crippen molar-refractivity contribution in [1.82, 2.24) is 4.72 Å². The number of aliphatic carboxylic acids is 1. The van der Waals surface area contributed by atoms with E-state index in [9.17, 15) is 13.2 Å². The van der Waals surface area contributed by atoms with Crippen LogP contribution in [0.5, 0.6) is 0 Å². The van der Waals surface area contributed by atoms with Crippen LogP contribution in [0, 0.1) is 6.92 Å². The maximum absolute atomic E-state index is 12.7. The van der Waals surface area contributed by atoms with Crippen molar-refractivity contribution in [2.45, 2.75) is 50.0 Å². The van der Waals surface area contributed by atoms with Crippen LogP contribution < -0.4 is 4.72 Å². The van der Waals surface area contributed by atoms with Crippen molar-refractivity contribution in [2.75, 3.05) is 0 Å². The fourth-order valence-electron chi connectivity index (χ4n) is 2.76. The summed E-state index contributed by atoms with van der Waals surface area (Å²) in [6, 6.07) is 13.4. The van der Waals surface area contributed by atoms with Gasteiger partial charge in [-0.25, -0.2) is 13.1 Å². The predicted octanol–water partition coefficient (Wildman–Crippen LogP) is 4.70. The molecule has 0 fully saturated rings. The Kier molecular flexibility index (Phi) is 7.83. The van der Waals surface area contributed by atoms with E-state index in [1.807, 2.05) is 31.2 Å². The van der Waals surface area contributed by atoms with E-state index in [2.05, 4.69) is 4.72 Å². The van der Waals surface area contributed by atoms with Crippen LogP contribution in [-0.4, -0.2) is 19.5 Å². The minimum Gasteiger partial charge on any atom is -0.481 e. The molecule has 0 aliphatic heterocycles. The van der Waals surface area contributed by atoms with E-state index in [0.717, 1.165) is 24.0 Å². The third-order valence-electron chi connectivity index (χ3n) is 4.28. The minimum absolute atomic E-state index is 0.131. The molecule has 0 radical (unpaired) electrons. The first-order valence-electron chi connectivity index (χ1n) is 8.84. The Morgan fingerprint density at radius 2 is 1.67 bits per heavy atom. The van der Waals surface area contributed by atoms with Gasteiger partial charge in [-0.1, -0.05) is 54.3 Å². The average Bonchev–Trinajstić information content (AvgIpc) is 2.61. The van der Waals surface area contributed by atoms with Gasteiger partial charge in [0.1, 0.15) is 0 Å². The first-order chi connectivity index (χ1) is 12.8. The van der Waals surface area contributed by atoms with Crippen LogP contribution in [0.1, 0.15) is 49.3 Å². The number of hydrogen-bond acceptors (Lipinski definition) is 3. The molecule has 1 atom stereocenters. The number of hydrogen-bond donors (Lipinski definition) is 2. The number of carbonyl (C=O) groups is 1. The van der Waals surface area contributed by atoms with Gasteiger partial charge < -0.3 is 5.11 Å². The lowest BCUT2D eigenvalue weighted by atomic mass is 10.00. The van der Waals surface area contributed by atoms with Crippen molar-refractivity contribution in [1.29, 1.82) is 0 Å². The molecule has 0 amide bonds. The molecule has 5 nitrogen and oxygen atoms in total. The number of halogens is 1. The smallest absolute Gasteiger partial charge is 0.303 e. The summed E-state index contributed by atoms with van der Waals surface area (Å²) in [4.78, 5) is 10.8. The molecule has 0 heterocycles. The third-order valence-corrected chi connectivity index (χ3v) is 6.02. The van der Waals surface area contributed by atoms with Crippen molar-refractivity contribution in [2.24, 2.45) is 0 Å². The molecule has 2 aromatic carbocycles. The highest BCUT2D eigenvalue weighted by molar-refractivity contribution is 7.89. The topological polar surface area (TPSA) is 83.5 Å². The molecular weight excluding hydrogens is 386 g/mol. The molecule has 2 aromatic rings. The van der Waals surface area contributed by atoms with Crippen LogP contribution in [0.4, 0.5) is 0 Å². The molecule has 0 spiro atoms. The Bertz CT molecular complexity index is 849. The van der Waals surface area contributed by atoms with Crippen LogP contribution in [0.2, 0.25) is 5.02 Å². The van der Waals surface area contributed by atoms with Gasteiger partial charge in [0, 0.05) is 17.5 Å². The van der Waals surface area contributed by atoms with E-state index >= 15 is 0 Å². The monoisotopic (exact) mass is 409 g/mol. The number of carboxylic acids is 1. The van der Waals surface area contributed by atoms with E-state index in [4.69, 9.17) is 16.7 Å². The average molecular weight is 410 g/mol. The Labute approximate surface area is 165 Å². The number of rotatable bonds is 10. The Morgan fingerprint density at radius 3 is 2.26 bits per heavy atom. The zero-order valence-electron chi connectivity index (χ0n) is 15.2. The number of carboxylic acid groups (broad SMARTS) is 1. The Hall–Kier alpha value is -1.89. The molecule has 0 saturated carbocycles. The lowest BCUT2D eigenvalue weighted by Gasteiger charge is -2.20. The van der Waals surface area contributed by atoms with Gasteiger partial charge in [0.25, 0.3) is 0 Å². The van der Waals surface area contributed by atoms with Crippen molar-refractivity contribution in [3.05, 3.63) is 64.7 Å². The maximum Gasteiger partial charge on any atom is 0.303 e. The molecular formula is C20H24ClNO4S. The molecule has 2 rings (SSSR count). The van der Waals surface area contributed by atoms with Gasteiger partial charge >= 0.3 is 5.97 Å². The molecule has 27 heavy (non-hydrogen) atoms. The molecule has 2 N–H and O–H groups in total. The minimum atomic E-state index is -3.69. The second-order valence-electron chi connectivity index (χ2n) is 6.53. The van der Waals surface area contributed by atoms with Gasteiger partial charge in [0.2, 0.25) is 10.0 Å². The summed E-state index contributed by atoms with van der Waals surface area (Å²) in [5.74, 6) is -0.812. The van der Waals surface area contributed by atoms with Crippen LogP contribution in [0.15, 0.2) is 53.4 Å². The number of unbranched alkanes of at least 4 members (excludes halogenated alkanes) is 2. The second-order valence-corrected chi connectivity index (χ2v) is 8.68. The molecule has 0 bridgehead atoms. The van der Waals surface area contributed by atoms with E-state index in [0.29, 0.717) is 17.9 Å². The first-order valence-corrected chi connectivity index (χ1v) is 10.7. The largest absolute Gasteiger partial charge is 0.481 e. The SMILES string of the molecule is Cc1ccc(C(CCCCCC(=O)O)NS(=O)(=O)c2ccc(Cl)cc2)cc1. The summed E-state index contributed by atoms with van der Waals surface area (Å²) in [6.07, 6.45) is 2.77. The van der Waals surface area contributed by atoms with E-state index in [-0.39, 0.29) is 17.4 Å². The fraction of sp³-hybridized carbons (Fsp3) is 0.350. The van der Waals surface area contributed by atoms with E-state index in [1.165, 1.54) is 12.1 Å². The maximum atomic E-state index is 12.7. The lowest BCUT2D eigenvalue weighted by Crippen LogP contribution is -2.28. The van der Waals surface area contributed by atoms with Crippen molar-refractivity contribution >= 4 is 27.6 Å². The van der Waals surface area contributed by atoms with Crippen molar-refractivity contribution in [3.8, 4) is 0 Å². The van der Waals surface area contributed by atoms with Gasteiger partial charge in [0.15, 0.2) is 0 Å². The van der Waals surface area contributed by atoms with Gasteiger partial charge in [0.05, 0.1) is 4.90 Å². The van der Waals surface area contributed by atoms with Crippen LogP contribution in [-0.2, 0) is 14.8 Å². The van der Waals surface area contributed by atoms with Crippen LogP contribution >= 0.6 is 11.6 Å². The summed E-state index contributed by atoms with van der Waals surface area (Å²) in [7, 11) is -3.69. The highest BCUT2D eigenvalue weighted by atomic mass is 35.5. The zero-order valence-corrected chi connectivity index (χ0v) is 16.8. The summed E-state index contributed by atoms with van der Waals surface area (Å²) in [6.45, 7) is 1.97. The standard InChI is InChI=1S/C20H24ClNO4S/c1-15-7-9-16(10-8-15)19(5-3-2-4-6-20(23)24)22-27(25,26)18-13-11-17(21)12-14-18/h7-14,19,22H,2-6H2,1H3,(H,23,24). The molecule has 0 aliphatic carbocycles. The summed E-state index contributed by atoms with van der Waals surface area (Å²) in [5.41, 5.74) is 1.98. The van der Waals surface area contributed by atoms with Crippen molar-refractivity contribution < 1.29 is 18.3 Å². The highest BCUT2D eigenvalue weighted by Gasteiger charge is 2.21. The van der Waals surface area contributed by atoms with E-state index < -0.39 is 16.0 Å². The van der Waals surface area contributed by atoms with Crippen molar-refractivity contribution in [3.63, 3.8) is 0 Å². The molecule has 146 valence electrons. The second kappa shape index (κ2) is 9.88. The molecule has 0 aromatic heterocycles. The molecule has 0 aliphatic rings. The number of benzene rings is 2. The van der Waals surface area contributed by atoms with Crippen LogP contribution in [0.3, 0.4) is 0 Å². The van der Waals surface area contributed by atoms with Gasteiger partial charge in [-0.3, -0.25) is 4.79 Å². The van der Waals surface area contributed by atoms with Gasteiger partial charge in [-0.15, -0.1) is 0 Å². The highest BCUT2D eigenvalue weighted by Crippen LogP contribution is 2.24. The summed E-state index contributed by atoms with van der Waals surface area (Å²) < 4.78 is 28.3. The third kappa shape index (κ3) is 6.97. The van der Waals surface area contributed by atoms with Crippen LogP contribution in [0.25, 0.3) is 0 Å². The molecule has 1 unspecified atom stereocenters. The number of nitrogens with one attached hydrogen (secondary N) is 1. The number of sulfonamides is 1. The van der Waals surface area contributed by atoms with E-state index in [1.54, 1.807) is 12.1 Å². The Balaban J connectivity index is 2.12. The zero-order chi connectivity index (χ0) is 19.9. The lowest BCUT2D eigenvalue weighted by molar-refractivity contribution is -0.137. The fourth-order valence-corrected chi connectivity index (χ4v) is 4.15. The quantitative estimate of drug-likeness (QED) is 0.557. The van der Waals surface area contributed by atoms with Gasteiger partial charge in [-0.2, -0.15) is 0 Å². The predicted molar refractivity (Wildman–Crippen MR) is 106 cm³/mol. The van der Waals surface area contributed by atoms with Gasteiger partial charge in [-0.05, 0) is 49.6 Å². The molecule has 7 heteroatoms. The number of aryl methyl sites for hydroxylation is 1. The first kappa shape index (κ1) is 21.4. The Morgan fingerprint density at radius 1 is 1.04 bits per heavy atom. The normalized spacial score (nSPS) is 12.7. The molecule has 0 saturated heterocycles. The summed E-state index contributed by atoms with van der Waals surface area (Å²) >= 11 is 5.84.